The second kappa shape index (κ2) is 6.60. The van der Waals surface area contributed by atoms with E-state index in [1.54, 1.807) is 7.11 Å². The van der Waals surface area contributed by atoms with Gasteiger partial charge in [-0.25, -0.2) is 0 Å². The van der Waals surface area contributed by atoms with Crippen LogP contribution >= 0.6 is 0 Å². The van der Waals surface area contributed by atoms with Crippen molar-refractivity contribution < 1.29 is 4.74 Å². The van der Waals surface area contributed by atoms with Gasteiger partial charge in [0.05, 0.1) is 7.11 Å². The van der Waals surface area contributed by atoms with Crippen molar-refractivity contribution in [2.45, 2.75) is 38.3 Å². The van der Waals surface area contributed by atoms with Gasteiger partial charge in [0.1, 0.15) is 5.75 Å². The highest BCUT2D eigenvalue weighted by Gasteiger charge is 2.18. The highest BCUT2D eigenvalue weighted by molar-refractivity contribution is 5.27. The molecule has 1 saturated heterocycles. The van der Waals surface area contributed by atoms with Gasteiger partial charge in [0.2, 0.25) is 0 Å². The lowest BCUT2D eigenvalue weighted by molar-refractivity contribution is 0.226. The zero-order valence-corrected chi connectivity index (χ0v) is 11.3. The summed E-state index contributed by atoms with van der Waals surface area (Å²) < 4.78 is 5.19. The van der Waals surface area contributed by atoms with Crippen LogP contribution in [0.5, 0.6) is 5.75 Å². The van der Waals surface area contributed by atoms with E-state index in [0.29, 0.717) is 6.04 Å². The minimum Gasteiger partial charge on any atom is -0.497 e. The Labute approximate surface area is 110 Å². The first kappa shape index (κ1) is 13.2. The average molecular weight is 245 g/mol. The molecule has 0 aromatic heterocycles. The maximum Gasteiger partial charge on any atom is 0.118 e. The number of nitrogens with zero attached hydrogens (tertiary/aromatic N) is 1. The highest BCUT2D eigenvalue weighted by Crippen LogP contribution is 2.21. The monoisotopic (exact) mass is 245 g/mol. The third kappa shape index (κ3) is 3.36. The van der Waals surface area contributed by atoms with Gasteiger partial charge < -0.3 is 4.74 Å². The molecule has 0 amide bonds. The van der Waals surface area contributed by atoms with Crippen LogP contribution in [-0.2, 0) is 6.54 Å². The summed E-state index contributed by atoms with van der Waals surface area (Å²) in [6.07, 6.45) is 7.34. The molecule has 18 heavy (non-hydrogen) atoms. The van der Waals surface area contributed by atoms with Crippen LogP contribution < -0.4 is 4.74 Å². The lowest BCUT2D eigenvalue weighted by Crippen LogP contribution is -2.32. The van der Waals surface area contributed by atoms with Gasteiger partial charge in [0, 0.05) is 12.6 Å². The normalized spacial score (nSPS) is 21.3. The molecule has 1 aromatic carbocycles. The van der Waals surface area contributed by atoms with Crippen molar-refractivity contribution in [2.24, 2.45) is 0 Å². The summed E-state index contributed by atoms with van der Waals surface area (Å²) in [5.74, 6) is 0.926. The third-order valence-electron chi connectivity index (χ3n) is 3.73. The average Bonchev–Trinajstić information content (AvgIpc) is 2.64. The Morgan fingerprint density at radius 1 is 1.28 bits per heavy atom. The zero-order valence-electron chi connectivity index (χ0n) is 11.3. The molecule has 1 aliphatic heterocycles. The standard InChI is InChI=1S/C16H23NO/c1-3-15-7-5-4-6-12-17(15)13-14-8-10-16(18-2)11-9-14/h3,8-11,15H,1,4-7,12-13H2,2H3/t15-/m1/s1. The van der Waals surface area contributed by atoms with Gasteiger partial charge in [0.25, 0.3) is 0 Å². The van der Waals surface area contributed by atoms with E-state index in [4.69, 9.17) is 4.74 Å². The molecular formula is C16H23NO. The second-order valence-electron chi connectivity index (χ2n) is 4.97. The largest absolute Gasteiger partial charge is 0.497 e. The number of methoxy groups -OCH3 is 1. The summed E-state index contributed by atoms with van der Waals surface area (Å²) in [5.41, 5.74) is 1.35. The van der Waals surface area contributed by atoms with Gasteiger partial charge in [-0.05, 0) is 37.1 Å². The van der Waals surface area contributed by atoms with Gasteiger partial charge in [-0.15, -0.1) is 6.58 Å². The van der Waals surface area contributed by atoms with E-state index in [9.17, 15) is 0 Å². The van der Waals surface area contributed by atoms with Crippen LogP contribution in [-0.4, -0.2) is 24.6 Å². The Kier molecular flexibility index (Phi) is 4.82. The predicted molar refractivity (Wildman–Crippen MR) is 75.9 cm³/mol. The van der Waals surface area contributed by atoms with Crippen molar-refractivity contribution in [1.82, 2.24) is 4.90 Å². The zero-order chi connectivity index (χ0) is 12.8. The van der Waals surface area contributed by atoms with E-state index in [2.05, 4.69) is 29.7 Å². The van der Waals surface area contributed by atoms with Crippen molar-refractivity contribution in [3.63, 3.8) is 0 Å². The van der Waals surface area contributed by atoms with E-state index in [1.807, 2.05) is 12.1 Å². The summed E-state index contributed by atoms with van der Waals surface area (Å²) in [6, 6.07) is 8.93. The van der Waals surface area contributed by atoms with Crippen LogP contribution in [0.25, 0.3) is 0 Å². The summed E-state index contributed by atoms with van der Waals surface area (Å²) >= 11 is 0. The molecule has 0 aliphatic carbocycles. The van der Waals surface area contributed by atoms with Crippen LogP contribution in [0.4, 0.5) is 0 Å². The van der Waals surface area contributed by atoms with Crippen molar-refractivity contribution in [2.75, 3.05) is 13.7 Å². The molecule has 1 aromatic rings. The maximum atomic E-state index is 5.19. The van der Waals surface area contributed by atoms with E-state index in [0.717, 1.165) is 12.3 Å². The third-order valence-corrected chi connectivity index (χ3v) is 3.73. The van der Waals surface area contributed by atoms with Crippen LogP contribution in [0.15, 0.2) is 36.9 Å². The van der Waals surface area contributed by atoms with Gasteiger partial charge in [-0.3, -0.25) is 4.90 Å². The van der Waals surface area contributed by atoms with Crippen LogP contribution in [0.2, 0.25) is 0 Å². The molecule has 1 heterocycles. The molecule has 0 unspecified atom stereocenters. The number of ether oxygens (including phenoxy) is 1. The number of hydrogen-bond donors (Lipinski definition) is 0. The minimum absolute atomic E-state index is 0.537. The molecule has 0 bridgehead atoms. The molecule has 98 valence electrons. The summed E-state index contributed by atoms with van der Waals surface area (Å²) in [7, 11) is 1.71. The molecule has 0 N–H and O–H groups in total. The smallest absolute Gasteiger partial charge is 0.118 e. The number of benzene rings is 1. The fraction of sp³-hybridized carbons (Fsp3) is 0.500. The number of rotatable bonds is 4. The molecule has 2 rings (SSSR count). The van der Waals surface area contributed by atoms with Gasteiger partial charge >= 0.3 is 0 Å². The summed E-state index contributed by atoms with van der Waals surface area (Å²) in [4.78, 5) is 2.54. The van der Waals surface area contributed by atoms with Crippen molar-refractivity contribution >= 4 is 0 Å². The Hall–Kier alpha value is -1.28. The number of hydrogen-bond acceptors (Lipinski definition) is 2. The van der Waals surface area contributed by atoms with E-state index < -0.39 is 0 Å². The van der Waals surface area contributed by atoms with Crippen molar-refractivity contribution in [1.29, 1.82) is 0 Å². The Bertz CT molecular complexity index is 371. The molecule has 0 saturated carbocycles. The summed E-state index contributed by atoms with van der Waals surface area (Å²) in [6.45, 7) is 6.18. The first-order valence-corrected chi connectivity index (χ1v) is 6.83. The molecule has 0 spiro atoms. The molecule has 1 atom stereocenters. The second-order valence-corrected chi connectivity index (χ2v) is 4.97. The molecule has 2 heteroatoms. The fourth-order valence-electron chi connectivity index (χ4n) is 2.62. The van der Waals surface area contributed by atoms with Crippen LogP contribution in [0, 0.1) is 0 Å². The predicted octanol–water partition coefficient (Wildman–Crippen LogP) is 3.63. The van der Waals surface area contributed by atoms with E-state index in [1.165, 1.54) is 37.8 Å². The fourth-order valence-corrected chi connectivity index (χ4v) is 2.62. The van der Waals surface area contributed by atoms with Crippen LogP contribution in [0.1, 0.15) is 31.2 Å². The lowest BCUT2D eigenvalue weighted by atomic mass is 10.1. The molecule has 1 fully saturated rings. The maximum absolute atomic E-state index is 5.19. The number of likely N-dealkylation sites (tertiary alicyclic amines) is 1. The lowest BCUT2D eigenvalue weighted by Gasteiger charge is -2.27. The summed E-state index contributed by atoms with van der Waals surface area (Å²) in [5, 5.41) is 0. The van der Waals surface area contributed by atoms with Crippen molar-refractivity contribution in [3.05, 3.63) is 42.5 Å². The van der Waals surface area contributed by atoms with E-state index in [-0.39, 0.29) is 0 Å². The molecule has 2 nitrogen and oxygen atoms in total. The highest BCUT2D eigenvalue weighted by atomic mass is 16.5. The Balaban J connectivity index is 2.02. The van der Waals surface area contributed by atoms with Crippen LogP contribution in [0.3, 0.4) is 0 Å². The minimum atomic E-state index is 0.537. The molecule has 0 radical (unpaired) electrons. The van der Waals surface area contributed by atoms with Gasteiger partial charge in [0.15, 0.2) is 0 Å². The first-order valence-electron chi connectivity index (χ1n) is 6.83. The van der Waals surface area contributed by atoms with Gasteiger partial charge in [-0.2, -0.15) is 0 Å². The Morgan fingerprint density at radius 3 is 2.72 bits per heavy atom. The molecule has 1 aliphatic rings. The Morgan fingerprint density at radius 2 is 2.06 bits per heavy atom. The topological polar surface area (TPSA) is 12.5 Å². The first-order chi connectivity index (χ1) is 8.83. The van der Waals surface area contributed by atoms with Gasteiger partial charge in [-0.1, -0.05) is 31.1 Å². The quantitative estimate of drug-likeness (QED) is 0.751. The van der Waals surface area contributed by atoms with E-state index >= 15 is 0 Å². The molecular weight excluding hydrogens is 222 g/mol. The van der Waals surface area contributed by atoms with Crippen molar-refractivity contribution in [3.8, 4) is 5.75 Å². The SMILES string of the molecule is C=C[C@@H]1CCCCCN1Cc1ccc(OC)cc1.